The summed E-state index contributed by atoms with van der Waals surface area (Å²) < 4.78 is 0. The Kier molecular flexibility index (Phi) is 2.91. The van der Waals surface area contributed by atoms with Crippen molar-refractivity contribution in [3.05, 3.63) is 28.2 Å². The fraction of sp³-hybridized carbons (Fsp3) is 0.300. The van der Waals surface area contributed by atoms with Gasteiger partial charge in [0.1, 0.15) is 11.6 Å². The van der Waals surface area contributed by atoms with Gasteiger partial charge in [-0.05, 0) is 35.7 Å². The molecule has 0 radical (unpaired) electrons. The molecule has 4 nitrogen and oxygen atoms in total. The number of hydrogen-bond donors (Lipinski definition) is 3. The van der Waals surface area contributed by atoms with Crippen LogP contribution in [0.5, 0.6) is 0 Å². The molecule has 5 heteroatoms. The van der Waals surface area contributed by atoms with Crippen molar-refractivity contribution in [2.75, 3.05) is 17.6 Å². The van der Waals surface area contributed by atoms with Gasteiger partial charge >= 0.3 is 0 Å². The molecule has 0 aliphatic rings. The standard InChI is InChI=1S/C10H14N4S/c1-7-13-9(11)10(14-7)12-4-2-8-3-5-15-6-8/h3,5-6,12H,2,4,11H2,1H3,(H,13,14). The number of aromatic nitrogens is 2. The summed E-state index contributed by atoms with van der Waals surface area (Å²) in [5, 5.41) is 7.45. The summed E-state index contributed by atoms with van der Waals surface area (Å²) in [5.41, 5.74) is 7.07. The van der Waals surface area contributed by atoms with Crippen molar-refractivity contribution >= 4 is 23.0 Å². The molecule has 2 aromatic heterocycles. The Bertz CT molecular complexity index is 419. The molecule has 0 unspecified atom stereocenters. The van der Waals surface area contributed by atoms with Crippen LogP contribution in [0.3, 0.4) is 0 Å². The molecule has 4 N–H and O–H groups in total. The van der Waals surface area contributed by atoms with Gasteiger partial charge in [-0.25, -0.2) is 4.98 Å². The number of H-pyrrole nitrogens is 1. The van der Waals surface area contributed by atoms with Crippen LogP contribution in [0.25, 0.3) is 0 Å². The number of aryl methyl sites for hydroxylation is 1. The van der Waals surface area contributed by atoms with Gasteiger partial charge in [0.05, 0.1) is 0 Å². The molecule has 80 valence electrons. The van der Waals surface area contributed by atoms with E-state index >= 15 is 0 Å². The Labute approximate surface area is 92.5 Å². The minimum Gasteiger partial charge on any atom is -0.382 e. The molecular formula is C10H14N4S. The summed E-state index contributed by atoms with van der Waals surface area (Å²) in [6, 6.07) is 2.13. The number of imidazole rings is 1. The van der Waals surface area contributed by atoms with Crippen molar-refractivity contribution in [3.8, 4) is 0 Å². The summed E-state index contributed by atoms with van der Waals surface area (Å²) in [6.07, 6.45) is 0.995. The molecule has 2 rings (SSSR count). The second-order valence-electron chi connectivity index (χ2n) is 3.39. The number of anilines is 2. The molecule has 0 saturated heterocycles. The maximum atomic E-state index is 5.72. The van der Waals surface area contributed by atoms with E-state index in [-0.39, 0.29) is 0 Å². The first kappa shape index (κ1) is 10.0. The Morgan fingerprint density at radius 3 is 3.07 bits per heavy atom. The van der Waals surface area contributed by atoms with E-state index in [9.17, 15) is 0 Å². The lowest BCUT2D eigenvalue weighted by atomic mass is 10.2. The van der Waals surface area contributed by atoms with Crippen LogP contribution in [0, 0.1) is 6.92 Å². The molecule has 2 aromatic rings. The number of nitrogens with zero attached hydrogens (tertiary/aromatic N) is 1. The van der Waals surface area contributed by atoms with Gasteiger partial charge < -0.3 is 16.0 Å². The number of thiophene rings is 1. The number of rotatable bonds is 4. The van der Waals surface area contributed by atoms with Crippen molar-refractivity contribution in [2.45, 2.75) is 13.3 Å². The summed E-state index contributed by atoms with van der Waals surface area (Å²) in [7, 11) is 0. The van der Waals surface area contributed by atoms with E-state index in [0.717, 1.165) is 24.6 Å². The van der Waals surface area contributed by atoms with Gasteiger partial charge in [0.2, 0.25) is 0 Å². The van der Waals surface area contributed by atoms with Gasteiger partial charge in [0, 0.05) is 6.54 Å². The van der Waals surface area contributed by atoms with Crippen molar-refractivity contribution in [2.24, 2.45) is 0 Å². The van der Waals surface area contributed by atoms with Crippen molar-refractivity contribution in [3.63, 3.8) is 0 Å². The first-order valence-electron chi connectivity index (χ1n) is 4.83. The number of aromatic amines is 1. The average Bonchev–Trinajstić information content (AvgIpc) is 2.77. The predicted molar refractivity (Wildman–Crippen MR) is 64.2 cm³/mol. The maximum Gasteiger partial charge on any atom is 0.168 e. The lowest BCUT2D eigenvalue weighted by Gasteiger charge is -2.02. The normalized spacial score (nSPS) is 10.5. The molecule has 0 atom stereocenters. The smallest absolute Gasteiger partial charge is 0.168 e. The van der Waals surface area contributed by atoms with E-state index in [4.69, 9.17) is 5.73 Å². The van der Waals surface area contributed by atoms with Crippen LogP contribution in [0.1, 0.15) is 11.4 Å². The molecule has 0 amide bonds. The van der Waals surface area contributed by atoms with Gasteiger partial charge in [-0.3, -0.25) is 0 Å². The second kappa shape index (κ2) is 4.35. The largest absolute Gasteiger partial charge is 0.382 e. The first-order valence-corrected chi connectivity index (χ1v) is 5.77. The zero-order chi connectivity index (χ0) is 10.7. The van der Waals surface area contributed by atoms with Crippen LogP contribution in [-0.2, 0) is 6.42 Å². The lowest BCUT2D eigenvalue weighted by molar-refractivity contribution is 1.01. The second-order valence-corrected chi connectivity index (χ2v) is 4.17. The zero-order valence-electron chi connectivity index (χ0n) is 8.58. The fourth-order valence-electron chi connectivity index (χ4n) is 1.40. The Balaban J connectivity index is 1.86. The van der Waals surface area contributed by atoms with Crippen LogP contribution in [0.4, 0.5) is 11.6 Å². The van der Waals surface area contributed by atoms with Crippen LogP contribution in [-0.4, -0.2) is 16.5 Å². The van der Waals surface area contributed by atoms with Gasteiger partial charge in [-0.2, -0.15) is 11.3 Å². The molecule has 0 bridgehead atoms. The third kappa shape index (κ3) is 2.50. The predicted octanol–water partition coefficient (Wildman–Crippen LogP) is 2.02. The molecule has 2 heterocycles. The summed E-state index contributed by atoms with van der Waals surface area (Å²) in [4.78, 5) is 7.20. The highest BCUT2D eigenvalue weighted by Crippen LogP contribution is 2.14. The summed E-state index contributed by atoms with van der Waals surface area (Å²) in [5.74, 6) is 2.20. The molecular weight excluding hydrogens is 208 g/mol. The number of hydrogen-bond acceptors (Lipinski definition) is 4. The summed E-state index contributed by atoms with van der Waals surface area (Å²) >= 11 is 1.72. The number of nitrogens with two attached hydrogens (primary N) is 1. The Hall–Kier alpha value is -1.49. The SMILES string of the molecule is Cc1nc(NCCc2ccsc2)c(N)[nH]1. The molecule has 0 aromatic carbocycles. The van der Waals surface area contributed by atoms with Gasteiger partial charge in [-0.15, -0.1) is 0 Å². The van der Waals surface area contributed by atoms with Crippen LogP contribution in [0.2, 0.25) is 0 Å². The number of nitrogen functional groups attached to an aromatic ring is 1. The van der Waals surface area contributed by atoms with Crippen molar-refractivity contribution in [1.29, 1.82) is 0 Å². The number of nitrogens with one attached hydrogen (secondary N) is 2. The topological polar surface area (TPSA) is 66.7 Å². The molecule has 0 aliphatic heterocycles. The monoisotopic (exact) mass is 222 g/mol. The minimum absolute atomic E-state index is 0.609. The van der Waals surface area contributed by atoms with E-state index in [2.05, 4.69) is 32.1 Å². The van der Waals surface area contributed by atoms with E-state index in [1.54, 1.807) is 11.3 Å². The van der Waals surface area contributed by atoms with Crippen LogP contribution >= 0.6 is 11.3 Å². The van der Waals surface area contributed by atoms with Gasteiger partial charge in [-0.1, -0.05) is 0 Å². The van der Waals surface area contributed by atoms with Gasteiger partial charge in [0.15, 0.2) is 5.82 Å². The highest BCUT2D eigenvalue weighted by atomic mass is 32.1. The maximum absolute atomic E-state index is 5.72. The van der Waals surface area contributed by atoms with Gasteiger partial charge in [0.25, 0.3) is 0 Å². The molecule has 0 spiro atoms. The zero-order valence-corrected chi connectivity index (χ0v) is 9.40. The van der Waals surface area contributed by atoms with Crippen LogP contribution in [0.15, 0.2) is 16.8 Å². The fourth-order valence-corrected chi connectivity index (χ4v) is 2.11. The highest BCUT2D eigenvalue weighted by Gasteiger charge is 2.03. The third-order valence-corrected chi connectivity index (χ3v) is 2.87. The first-order chi connectivity index (χ1) is 7.25. The lowest BCUT2D eigenvalue weighted by Crippen LogP contribution is -2.06. The third-order valence-electron chi connectivity index (χ3n) is 2.14. The molecule has 0 fully saturated rings. The molecule has 0 aliphatic carbocycles. The Morgan fingerprint density at radius 1 is 1.60 bits per heavy atom. The van der Waals surface area contributed by atoms with Crippen molar-refractivity contribution in [1.82, 2.24) is 9.97 Å². The van der Waals surface area contributed by atoms with E-state index in [0.29, 0.717) is 5.82 Å². The molecule has 0 saturated carbocycles. The van der Waals surface area contributed by atoms with E-state index in [1.165, 1.54) is 5.56 Å². The minimum atomic E-state index is 0.609. The van der Waals surface area contributed by atoms with E-state index in [1.807, 2.05) is 6.92 Å². The van der Waals surface area contributed by atoms with Crippen molar-refractivity contribution < 1.29 is 0 Å². The summed E-state index contributed by atoms with van der Waals surface area (Å²) in [6.45, 7) is 2.74. The molecule has 15 heavy (non-hydrogen) atoms. The Morgan fingerprint density at radius 2 is 2.47 bits per heavy atom. The van der Waals surface area contributed by atoms with E-state index < -0.39 is 0 Å². The highest BCUT2D eigenvalue weighted by molar-refractivity contribution is 7.07. The quantitative estimate of drug-likeness (QED) is 0.741. The average molecular weight is 222 g/mol. The van der Waals surface area contributed by atoms with Crippen LogP contribution < -0.4 is 11.1 Å².